The lowest BCUT2D eigenvalue weighted by Crippen LogP contribution is -2.34. The Balaban J connectivity index is 1.46. The maximum atomic E-state index is 12.2. The number of hydrogen-bond donors (Lipinski definition) is 2. The molecular formula is C22H19ClN2O2. The second kappa shape index (κ2) is 9.01. The fourth-order valence-corrected chi connectivity index (χ4v) is 2.73. The van der Waals surface area contributed by atoms with Crippen molar-refractivity contribution in [2.24, 2.45) is 0 Å². The van der Waals surface area contributed by atoms with E-state index in [2.05, 4.69) is 10.6 Å². The molecule has 27 heavy (non-hydrogen) atoms. The standard InChI is InChI=1S/C22H19ClN2O2/c23-20-12-10-19(11-13-20)22(27)25-15-14-24-21(26)18-8-6-17(7-9-18)16-4-2-1-3-5-16/h1-13H,14-15H2,(H,24,26)(H,25,27). The molecule has 0 saturated carbocycles. The van der Waals surface area contributed by atoms with Crippen LogP contribution in [0.5, 0.6) is 0 Å². The summed E-state index contributed by atoms with van der Waals surface area (Å²) in [7, 11) is 0. The van der Waals surface area contributed by atoms with Gasteiger partial charge in [-0.15, -0.1) is 0 Å². The van der Waals surface area contributed by atoms with Gasteiger partial charge in [0.1, 0.15) is 0 Å². The normalized spacial score (nSPS) is 10.3. The lowest BCUT2D eigenvalue weighted by molar-refractivity contribution is 0.0927. The Morgan fingerprint density at radius 2 is 1.07 bits per heavy atom. The number of carbonyl (C=O) groups is 2. The molecule has 0 aliphatic carbocycles. The van der Waals surface area contributed by atoms with E-state index in [1.54, 1.807) is 36.4 Å². The zero-order valence-electron chi connectivity index (χ0n) is 14.6. The highest BCUT2D eigenvalue weighted by molar-refractivity contribution is 6.30. The van der Waals surface area contributed by atoms with Crippen LogP contribution >= 0.6 is 11.6 Å². The van der Waals surface area contributed by atoms with Crippen LogP contribution in [0.15, 0.2) is 78.9 Å². The van der Waals surface area contributed by atoms with Crippen LogP contribution < -0.4 is 10.6 Å². The summed E-state index contributed by atoms with van der Waals surface area (Å²) < 4.78 is 0. The molecule has 2 N–H and O–H groups in total. The summed E-state index contributed by atoms with van der Waals surface area (Å²) in [5.41, 5.74) is 3.28. The van der Waals surface area contributed by atoms with Gasteiger partial charge in [0, 0.05) is 29.2 Å². The van der Waals surface area contributed by atoms with Gasteiger partial charge in [0.2, 0.25) is 0 Å². The van der Waals surface area contributed by atoms with E-state index < -0.39 is 0 Å². The first kappa shape index (κ1) is 18.7. The van der Waals surface area contributed by atoms with Gasteiger partial charge in [0.05, 0.1) is 0 Å². The maximum absolute atomic E-state index is 12.2. The fourth-order valence-electron chi connectivity index (χ4n) is 2.60. The average molecular weight is 379 g/mol. The first-order chi connectivity index (χ1) is 13.1. The van der Waals surface area contributed by atoms with Gasteiger partial charge in [0.25, 0.3) is 11.8 Å². The summed E-state index contributed by atoms with van der Waals surface area (Å²) in [6, 6.07) is 24.1. The molecule has 0 aliphatic heterocycles. The smallest absolute Gasteiger partial charge is 0.251 e. The summed E-state index contributed by atoms with van der Waals surface area (Å²) in [6.07, 6.45) is 0. The number of amides is 2. The molecule has 0 spiro atoms. The molecule has 0 fully saturated rings. The Hall–Kier alpha value is -3.11. The summed E-state index contributed by atoms with van der Waals surface area (Å²) in [5.74, 6) is -0.372. The molecular weight excluding hydrogens is 360 g/mol. The van der Waals surface area contributed by atoms with Crippen molar-refractivity contribution in [3.05, 3.63) is 95.0 Å². The minimum absolute atomic E-state index is 0.171. The molecule has 3 aromatic rings. The van der Waals surface area contributed by atoms with E-state index in [0.717, 1.165) is 11.1 Å². The highest BCUT2D eigenvalue weighted by atomic mass is 35.5. The molecule has 0 bridgehead atoms. The van der Waals surface area contributed by atoms with Gasteiger partial charge in [-0.05, 0) is 47.5 Å². The predicted molar refractivity (Wildman–Crippen MR) is 108 cm³/mol. The van der Waals surface area contributed by atoms with Crippen LogP contribution in [-0.2, 0) is 0 Å². The maximum Gasteiger partial charge on any atom is 0.251 e. The lowest BCUT2D eigenvalue weighted by Gasteiger charge is -2.08. The number of nitrogens with one attached hydrogen (secondary N) is 2. The molecule has 0 heterocycles. The summed E-state index contributed by atoms with van der Waals surface area (Å²) in [5, 5.41) is 6.14. The Morgan fingerprint density at radius 3 is 1.59 bits per heavy atom. The van der Waals surface area contributed by atoms with Crippen LogP contribution in [0.25, 0.3) is 11.1 Å². The lowest BCUT2D eigenvalue weighted by atomic mass is 10.0. The molecule has 0 unspecified atom stereocenters. The van der Waals surface area contributed by atoms with Crippen LogP contribution in [0.3, 0.4) is 0 Å². The number of carbonyl (C=O) groups excluding carboxylic acids is 2. The second-order valence-electron chi connectivity index (χ2n) is 5.96. The highest BCUT2D eigenvalue weighted by Crippen LogP contribution is 2.19. The van der Waals surface area contributed by atoms with Gasteiger partial charge >= 0.3 is 0 Å². The second-order valence-corrected chi connectivity index (χ2v) is 6.40. The molecule has 0 radical (unpaired) electrons. The summed E-state index contributed by atoms with van der Waals surface area (Å²) in [4.78, 5) is 24.2. The molecule has 5 heteroatoms. The SMILES string of the molecule is O=C(NCCNC(=O)c1ccc(-c2ccccc2)cc1)c1ccc(Cl)cc1. The fraction of sp³-hybridized carbons (Fsp3) is 0.0909. The van der Waals surface area contributed by atoms with Crippen molar-refractivity contribution in [3.8, 4) is 11.1 Å². The first-order valence-corrected chi connectivity index (χ1v) is 8.99. The quantitative estimate of drug-likeness (QED) is 0.632. The highest BCUT2D eigenvalue weighted by Gasteiger charge is 2.07. The summed E-state index contributed by atoms with van der Waals surface area (Å²) in [6.45, 7) is 0.688. The van der Waals surface area contributed by atoms with Gasteiger partial charge < -0.3 is 10.6 Å². The third-order valence-corrected chi connectivity index (χ3v) is 4.31. The predicted octanol–water partition coefficient (Wildman–Crippen LogP) is 4.17. The molecule has 0 saturated heterocycles. The molecule has 0 aromatic heterocycles. The van der Waals surface area contributed by atoms with E-state index in [9.17, 15) is 9.59 Å². The zero-order valence-corrected chi connectivity index (χ0v) is 15.4. The largest absolute Gasteiger partial charge is 0.350 e. The molecule has 2 amide bonds. The van der Waals surface area contributed by atoms with E-state index >= 15 is 0 Å². The Kier molecular flexibility index (Phi) is 6.23. The van der Waals surface area contributed by atoms with Crippen molar-refractivity contribution < 1.29 is 9.59 Å². The molecule has 4 nitrogen and oxygen atoms in total. The van der Waals surface area contributed by atoms with Crippen molar-refractivity contribution in [1.82, 2.24) is 10.6 Å². The van der Waals surface area contributed by atoms with E-state index in [1.807, 2.05) is 42.5 Å². The third kappa shape index (κ3) is 5.19. The zero-order chi connectivity index (χ0) is 19.1. The van der Waals surface area contributed by atoms with Gasteiger partial charge in [-0.25, -0.2) is 0 Å². The van der Waals surface area contributed by atoms with Gasteiger partial charge in [0.15, 0.2) is 0 Å². The average Bonchev–Trinajstić information content (AvgIpc) is 2.72. The van der Waals surface area contributed by atoms with E-state index in [1.165, 1.54) is 0 Å². The van der Waals surface area contributed by atoms with Crippen LogP contribution in [0.2, 0.25) is 5.02 Å². The number of benzene rings is 3. The van der Waals surface area contributed by atoms with Crippen molar-refractivity contribution in [1.29, 1.82) is 0 Å². The Labute approximate surface area is 163 Å². The van der Waals surface area contributed by atoms with E-state index in [-0.39, 0.29) is 11.8 Å². The Bertz CT molecular complexity index is 907. The topological polar surface area (TPSA) is 58.2 Å². The summed E-state index contributed by atoms with van der Waals surface area (Å²) >= 11 is 5.80. The Morgan fingerprint density at radius 1 is 0.630 bits per heavy atom. The molecule has 0 aliphatic rings. The minimum Gasteiger partial charge on any atom is -0.350 e. The van der Waals surface area contributed by atoms with Crippen LogP contribution in [0.4, 0.5) is 0 Å². The van der Waals surface area contributed by atoms with Gasteiger partial charge in [-0.2, -0.15) is 0 Å². The van der Waals surface area contributed by atoms with Crippen LogP contribution in [0, 0.1) is 0 Å². The van der Waals surface area contributed by atoms with Gasteiger partial charge in [-0.3, -0.25) is 9.59 Å². The van der Waals surface area contributed by atoms with Crippen molar-refractivity contribution in [2.75, 3.05) is 13.1 Å². The van der Waals surface area contributed by atoms with Crippen molar-refractivity contribution in [2.45, 2.75) is 0 Å². The van der Waals surface area contributed by atoms with Crippen LogP contribution in [-0.4, -0.2) is 24.9 Å². The van der Waals surface area contributed by atoms with Gasteiger partial charge in [-0.1, -0.05) is 54.1 Å². The molecule has 136 valence electrons. The van der Waals surface area contributed by atoms with Crippen molar-refractivity contribution >= 4 is 23.4 Å². The number of rotatable bonds is 6. The van der Waals surface area contributed by atoms with E-state index in [4.69, 9.17) is 11.6 Å². The third-order valence-electron chi connectivity index (χ3n) is 4.06. The molecule has 3 rings (SSSR count). The van der Waals surface area contributed by atoms with Crippen LogP contribution in [0.1, 0.15) is 20.7 Å². The van der Waals surface area contributed by atoms with Crippen molar-refractivity contribution in [3.63, 3.8) is 0 Å². The van der Waals surface area contributed by atoms with E-state index in [0.29, 0.717) is 29.2 Å². The molecule has 0 atom stereocenters. The number of hydrogen-bond acceptors (Lipinski definition) is 2. The minimum atomic E-state index is -0.201. The monoisotopic (exact) mass is 378 g/mol. The molecule has 3 aromatic carbocycles. The first-order valence-electron chi connectivity index (χ1n) is 8.61. The number of halogens is 1.